The summed E-state index contributed by atoms with van der Waals surface area (Å²) in [5.41, 5.74) is 0.251. The molecule has 1 aromatic rings. The second kappa shape index (κ2) is 5.78. The van der Waals surface area contributed by atoms with Crippen LogP contribution >= 0.6 is 11.6 Å². The number of nitrogens with zero attached hydrogens (tertiary/aromatic N) is 1. The Morgan fingerprint density at radius 1 is 1.31 bits per heavy atom. The summed E-state index contributed by atoms with van der Waals surface area (Å²) in [4.78, 5) is 14.4. The summed E-state index contributed by atoms with van der Waals surface area (Å²) < 4.78 is 24.4. The molecule has 2 saturated heterocycles. The van der Waals surface area contributed by atoms with Gasteiger partial charge in [0.1, 0.15) is 5.88 Å². The number of methoxy groups -OCH3 is 1. The number of likely N-dealkylation sites (tertiary alicyclic amines) is 1. The second-order valence-electron chi connectivity index (χ2n) is 8.72. The van der Waals surface area contributed by atoms with Crippen molar-refractivity contribution in [3.8, 4) is 11.5 Å². The van der Waals surface area contributed by atoms with E-state index in [1.54, 1.807) is 12.0 Å². The number of carbonyl (C=O) groups is 1. The maximum absolute atomic E-state index is 12.6. The van der Waals surface area contributed by atoms with Crippen molar-refractivity contribution in [1.29, 1.82) is 0 Å². The molecule has 3 fully saturated rings. The first kappa shape index (κ1) is 18.2. The zero-order valence-corrected chi connectivity index (χ0v) is 17.0. The lowest BCUT2D eigenvalue weighted by Crippen LogP contribution is -2.79. The summed E-state index contributed by atoms with van der Waals surface area (Å²) in [6, 6.07) is 3.59. The molecule has 5 aliphatic rings. The Hall–Kier alpha value is -1.54. The standard InChI is InChI=1S/C21H24ClNO6/c1-26-13-3-2-12-10-14-20(25)4-5-21(27-8-9-28-21)18-19(20,16(12)17(13)29-18)6-7-23(14)15(24)11-22/h2-3,14,18,25H,4-11H2,1H3/t14-,18?,19+,20-/m1/s1. The van der Waals surface area contributed by atoms with Gasteiger partial charge < -0.3 is 29.0 Å². The molecule has 29 heavy (non-hydrogen) atoms. The largest absolute Gasteiger partial charge is 0.493 e. The van der Waals surface area contributed by atoms with Crippen LogP contribution in [0.5, 0.6) is 11.5 Å². The summed E-state index contributed by atoms with van der Waals surface area (Å²) in [6.07, 6.45) is 1.63. The molecule has 1 saturated carbocycles. The van der Waals surface area contributed by atoms with Gasteiger partial charge in [-0.05, 0) is 30.9 Å². The van der Waals surface area contributed by atoms with E-state index in [9.17, 15) is 9.90 Å². The van der Waals surface area contributed by atoms with E-state index in [4.69, 9.17) is 30.5 Å². The predicted octanol–water partition coefficient (Wildman–Crippen LogP) is 1.36. The van der Waals surface area contributed by atoms with Gasteiger partial charge in [-0.25, -0.2) is 0 Å². The average Bonchev–Trinajstić information content (AvgIpc) is 3.33. The predicted molar refractivity (Wildman–Crippen MR) is 102 cm³/mol. The van der Waals surface area contributed by atoms with E-state index in [2.05, 4.69) is 0 Å². The highest BCUT2D eigenvalue weighted by Gasteiger charge is 2.77. The molecule has 3 heterocycles. The van der Waals surface area contributed by atoms with E-state index in [-0.39, 0.29) is 17.8 Å². The third kappa shape index (κ3) is 1.93. The molecule has 2 bridgehead atoms. The van der Waals surface area contributed by atoms with Crippen LogP contribution in [0.25, 0.3) is 0 Å². The summed E-state index contributed by atoms with van der Waals surface area (Å²) in [5, 5.41) is 12.3. The number of piperidine rings is 1. The molecule has 0 radical (unpaired) electrons. The number of carbonyl (C=O) groups excluding carboxylic acids is 1. The molecule has 8 heteroatoms. The molecule has 1 N–H and O–H groups in total. The van der Waals surface area contributed by atoms with Crippen molar-refractivity contribution in [2.24, 2.45) is 0 Å². The molecule has 1 unspecified atom stereocenters. The molecule has 156 valence electrons. The number of hydrogen-bond acceptors (Lipinski definition) is 6. The van der Waals surface area contributed by atoms with Crippen LogP contribution in [0.1, 0.15) is 30.4 Å². The van der Waals surface area contributed by atoms with E-state index >= 15 is 0 Å². The van der Waals surface area contributed by atoms with E-state index in [0.717, 1.165) is 11.1 Å². The first-order valence-electron chi connectivity index (χ1n) is 10.2. The zero-order valence-electron chi connectivity index (χ0n) is 16.3. The van der Waals surface area contributed by atoms with Gasteiger partial charge in [-0.2, -0.15) is 0 Å². The molecule has 2 spiro atoms. The number of alkyl halides is 1. The topological polar surface area (TPSA) is 77.5 Å². The van der Waals surface area contributed by atoms with Crippen molar-refractivity contribution in [3.05, 3.63) is 23.3 Å². The maximum atomic E-state index is 12.6. The van der Waals surface area contributed by atoms with Crippen LogP contribution in [-0.2, 0) is 26.1 Å². The highest BCUT2D eigenvalue weighted by Crippen LogP contribution is 2.68. The highest BCUT2D eigenvalue weighted by atomic mass is 35.5. The van der Waals surface area contributed by atoms with Gasteiger partial charge in [0, 0.05) is 18.5 Å². The van der Waals surface area contributed by atoms with Gasteiger partial charge in [0.15, 0.2) is 17.6 Å². The minimum atomic E-state index is -1.14. The Labute approximate surface area is 173 Å². The van der Waals surface area contributed by atoms with Crippen LogP contribution in [0, 0.1) is 0 Å². The van der Waals surface area contributed by atoms with Crippen molar-refractivity contribution in [2.45, 2.75) is 54.6 Å². The van der Waals surface area contributed by atoms with Crippen LogP contribution < -0.4 is 9.47 Å². The fraction of sp³-hybridized carbons (Fsp3) is 0.667. The number of halogens is 1. The number of aliphatic hydroxyl groups is 1. The van der Waals surface area contributed by atoms with Gasteiger partial charge >= 0.3 is 0 Å². The lowest BCUT2D eigenvalue weighted by molar-refractivity contribution is -0.295. The van der Waals surface area contributed by atoms with Crippen molar-refractivity contribution in [2.75, 3.05) is 32.7 Å². The van der Waals surface area contributed by atoms with Crippen LogP contribution in [0.3, 0.4) is 0 Å². The van der Waals surface area contributed by atoms with Gasteiger partial charge in [-0.3, -0.25) is 4.79 Å². The number of rotatable bonds is 2. The van der Waals surface area contributed by atoms with Crippen molar-refractivity contribution in [3.63, 3.8) is 0 Å². The van der Waals surface area contributed by atoms with E-state index in [0.29, 0.717) is 56.9 Å². The third-order valence-corrected chi connectivity index (χ3v) is 8.11. The molecular weight excluding hydrogens is 398 g/mol. The van der Waals surface area contributed by atoms with Gasteiger partial charge in [-0.15, -0.1) is 11.6 Å². The minimum absolute atomic E-state index is 0.0869. The highest BCUT2D eigenvalue weighted by molar-refractivity contribution is 6.27. The smallest absolute Gasteiger partial charge is 0.237 e. The summed E-state index contributed by atoms with van der Waals surface area (Å²) in [5.74, 6) is 0.233. The van der Waals surface area contributed by atoms with Gasteiger partial charge in [-0.1, -0.05) is 6.07 Å². The quantitative estimate of drug-likeness (QED) is 0.726. The third-order valence-electron chi connectivity index (χ3n) is 7.88. The molecule has 2 aliphatic carbocycles. The Kier molecular flexibility index (Phi) is 3.64. The van der Waals surface area contributed by atoms with E-state index in [1.807, 2.05) is 12.1 Å². The molecule has 3 aliphatic heterocycles. The maximum Gasteiger partial charge on any atom is 0.237 e. The molecule has 1 amide bonds. The van der Waals surface area contributed by atoms with Gasteiger partial charge in [0.25, 0.3) is 0 Å². The van der Waals surface area contributed by atoms with E-state index < -0.39 is 22.9 Å². The molecule has 0 aromatic heterocycles. The minimum Gasteiger partial charge on any atom is -0.493 e. The molecule has 1 aromatic carbocycles. The Morgan fingerprint density at radius 3 is 2.83 bits per heavy atom. The zero-order chi connectivity index (χ0) is 20.0. The first-order chi connectivity index (χ1) is 14.0. The summed E-state index contributed by atoms with van der Waals surface area (Å²) in [6.45, 7) is 1.54. The normalized spacial score (nSPS) is 38.0. The summed E-state index contributed by atoms with van der Waals surface area (Å²) >= 11 is 5.90. The molecule has 6 rings (SSSR count). The van der Waals surface area contributed by atoms with Crippen molar-refractivity contribution in [1.82, 2.24) is 4.90 Å². The Morgan fingerprint density at radius 2 is 2.10 bits per heavy atom. The second-order valence-corrected chi connectivity index (χ2v) is 8.99. The van der Waals surface area contributed by atoms with Crippen LogP contribution in [0.4, 0.5) is 0 Å². The molecule has 7 nitrogen and oxygen atoms in total. The summed E-state index contributed by atoms with van der Waals surface area (Å²) in [7, 11) is 1.62. The number of ether oxygens (including phenoxy) is 4. The molecule has 4 atom stereocenters. The lowest BCUT2D eigenvalue weighted by atomic mass is 9.48. The van der Waals surface area contributed by atoms with Crippen molar-refractivity contribution < 1.29 is 28.8 Å². The fourth-order valence-electron chi connectivity index (χ4n) is 6.79. The number of amides is 1. The monoisotopic (exact) mass is 421 g/mol. The lowest BCUT2D eigenvalue weighted by Gasteiger charge is -2.65. The Bertz CT molecular complexity index is 901. The molecular formula is C21H24ClNO6. The van der Waals surface area contributed by atoms with Crippen LogP contribution in [0.2, 0.25) is 0 Å². The van der Waals surface area contributed by atoms with E-state index in [1.165, 1.54) is 0 Å². The number of benzene rings is 1. The average molecular weight is 422 g/mol. The number of hydrogen-bond donors (Lipinski definition) is 1. The fourth-order valence-corrected chi connectivity index (χ4v) is 6.95. The van der Waals surface area contributed by atoms with Gasteiger partial charge in [0.2, 0.25) is 11.7 Å². The SMILES string of the molecule is COc1ccc2c3c1OC1C4(CC[C@@]5(O)[C@@H](C2)N(C(=O)CCl)CC[C@]315)OCCO4. The van der Waals surface area contributed by atoms with Crippen LogP contribution in [0.15, 0.2) is 12.1 Å². The van der Waals surface area contributed by atoms with Gasteiger partial charge in [0.05, 0.1) is 37.4 Å². The van der Waals surface area contributed by atoms with Crippen molar-refractivity contribution >= 4 is 17.5 Å². The number of fused-ring (bicyclic) bond motifs is 1. The van der Waals surface area contributed by atoms with Crippen LogP contribution in [-0.4, -0.2) is 72.2 Å². The Balaban J connectivity index is 1.61. The first-order valence-corrected chi connectivity index (χ1v) is 10.8.